The zero-order chi connectivity index (χ0) is 25.0. The Labute approximate surface area is 202 Å². The zero-order valence-corrected chi connectivity index (χ0v) is 20.7. The van der Waals surface area contributed by atoms with E-state index in [0.29, 0.717) is 12.2 Å². The summed E-state index contributed by atoms with van der Waals surface area (Å²) in [6, 6.07) is 11.3. The first-order valence-electron chi connectivity index (χ1n) is 11.8. The second kappa shape index (κ2) is 13.7. The topological polar surface area (TPSA) is 107 Å². The van der Waals surface area contributed by atoms with Crippen LogP contribution in [0.5, 0.6) is 11.5 Å². The van der Waals surface area contributed by atoms with Gasteiger partial charge >= 0.3 is 11.9 Å². The Bertz CT molecular complexity index is 1010. The van der Waals surface area contributed by atoms with Gasteiger partial charge in [0.25, 0.3) is 0 Å². The molecular weight excluding hydrogens is 456 g/mol. The van der Waals surface area contributed by atoms with Gasteiger partial charge in [-0.05, 0) is 61.4 Å². The Kier molecular flexibility index (Phi) is 11.1. The first-order chi connectivity index (χ1) is 16.2. The van der Waals surface area contributed by atoms with Gasteiger partial charge in [0.1, 0.15) is 11.5 Å². The maximum Gasteiger partial charge on any atom is 0.344 e. The monoisotopic (exact) mass is 490 g/mol. The molecule has 0 bridgehead atoms. The number of carboxylic acid groups (broad SMARTS) is 1. The van der Waals surface area contributed by atoms with Crippen LogP contribution < -0.4 is 9.47 Å². The molecule has 0 aliphatic rings. The Morgan fingerprint density at radius 3 is 1.74 bits per heavy atom. The van der Waals surface area contributed by atoms with Crippen LogP contribution in [0, 0.1) is 0 Å². The van der Waals surface area contributed by atoms with E-state index in [-0.39, 0.29) is 15.5 Å². The fourth-order valence-electron chi connectivity index (χ4n) is 3.55. The van der Waals surface area contributed by atoms with Gasteiger partial charge in [0.15, 0.2) is 6.10 Å². The predicted octanol–water partition coefficient (Wildman–Crippen LogP) is 5.81. The number of ether oxygens (including phenoxy) is 2. The van der Waals surface area contributed by atoms with E-state index in [1.807, 2.05) is 0 Å². The maximum atomic E-state index is 12.9. The number of carboxylic acids is 1. The number of unbranched alkanes of at least 4 members (excludes halogenated alkanes) is 7. The summed E-state index contributed by atoms with van der Waals surface area (Å²) < 4.78 is 36.2. The number of rotatable bonds is 15. The Balaban J connectivity index is 1.92. The molecule has 34 heavy (non-hydrogen) atoms. The average molecular weight is 491 g/mol. The predicted molar refractivity (Wildman–Crippen MR) is 129 cm³/mol. The molecule has 1 atom stereocenters. The Morgan fingerprint density at radius 1 is 0.794 bits per heavy atom. The van der Waals surface area contributed by atoms with Crippen LogP contribution in [0.2, 0.25) is 0 Å². The van der Waals surface area contributed by atoms with Crippen LogP contribution in [-0.4, -0.2) is 31.6 Å². The highest BCUT2D eigenvalue weighted by molar-refractivity contribution is 7.91. The summed E-state index contributed by atoms with van der Waals surface area (Å²) in [5.74, 6) is -0.969. The van der Waals surface area contributed by atoms with Crippen LogP contribution in [0.25, 0.3) is 0 Å². The summed E-state index contributed by atoms with van der Waals surface area (Å²) in [5, 5.41) is 9.49. The van der Waals surface area contributed by atoms with Gasteiger partial charge in [0.05, 0.1) is 9.79 Å². The lowest BCUT2D eigenvalue weighted by molar-refractivity contribution is -0.145. The minimum Gasteiger partial charge on any atom is -0.479 e. The molecule has 0 heterocycles. The van der Waals surface area contributed by atoms with Gasteiger partial charge in [-0.15, -0.1) is 0 Å². The molecule has 0 radical (unpaired) electrons. The van der Waals surface area contributed by atoms with Gasteiger partial charge < -0.3 is 14.6 Å². The van der Waals surface area contributed by atoms with Crippen LogP contribution in [0.15, 0.2) is 58.3 Å². The lowest BCUT2D eigenvalue weighted by Gasteiger charge is -2.15. The molecule has 0 aliphatic carbocycles. The van der Waals surface area contributed by atoms with Crippen molar-refractivity contribution in [1.82, 2.24) is 0 Å². The molecule has 0 spiro atoms. The molecule has 0 aromatic heterocycles. The summed E-state index contributed by atoms with van der Waals surface area (Å²) in [4.78, 5) is 22.7. The molecule has 0 saturated heterocycles. The van der Waals surface area contributed by atoms with Gasteiger partial charge in [-0.2, -0.15) is 0 Å². The summed E-state index contributed by atoms with van der Waals surface area (Å²) in [7, 11) is -3.79. The van der Waals surface area contributed by atoms with Crippen molar-refractivity contribution in [1.29, 1.82) is 0 Å². The van der Waals surface area contributed by atoms with Crippen molar-refractivity contribution in [2.75, 3.05) is 0 Å². The lowest BCUT2D eigenvalue weighted by Crippen LogP contribution is -2.26. The van der Waals surface area contributed by atoms with E-state index in [4.69, 9.17) is 9.47 Å². The van der Waals surface area contributed by atoms with Crippen LogP contribution in [0.1, 0.15) is 71.6 Å². The molecule has 8 heteroatoms. The molecule has 0 saturated carbocycles. The van der Waals surface area contributed by atoms with Gasteiger partial charge in [0.2, 0.25) is 9.84 Å². The highest BCUT2D eigenvalue weighted by atomic mass is 32.2. The molecule has 2 rings (SSSR count). The van der Waals surface area contributed by atoms with Crippen molar-refractivity contribution in [3.8, 4) is 11.5 Å². The fraction of sp³-hybridized carbons (Fsp3) is 0.462. The third-order valence-corrected chi connectivity index (χ3v) is 7.19. The van der Waals surface area contributed by atoms with E-state index in [0.717, 1.165) is 19.3 Å². The van der Waals surface area contributed by atoms with Gasteiger partial charge in [-0.3, -0.25) is 4.79 Å². The van der Waals surface area contributed by atoms with Gasteiger partial charge in [0, 0.05) is 6.92 Å². The quantitative estimate of drug-likeness (QED) is 0.191. The largest absolute Gasteiger partial charge is 0.479 e. The SMILES string of the molecule is CCCCCCCCCCC(Oc1ccc(S(=O)(=O)c2ccc(OC(C)=O)cc2)cc1)C(=O)O. The van der Waals surface area contributed by atoms with Crippen molar-refractivity contribution in [2.45, 2.75) is 87.5 Å². The number of hydrogen-bond acceptors (Lipinski definition) is 6. The standard InChI is InChI=1S/C26H34O7S/c1-3-4-5-6-7-8-9-10-11-25(26(28)29)33-22-14-18-24(19-15-22)34(30,31)23-16-12-21(13-17-23)32-20(2)27/h12-19,25H,3-11H2,1-2H3,(H,28,29). The zero-order valence-electron chi connectivity index (χ0n) is 19.9. The average Bonchev–Trinajstić information content (AvgIpc) is 2.80. The van der Waals surface area contributed by atoms with Crippen LogP contribution in [0.4, 0.5) is 0 Å². The van der Waals surface area contributed by atoms with Crippen LogP contribution in [0.3, 0.4) is 0 Å². The first-order valence-corrected chi connectivity index (χ1v) is 13.3. The third kappa shape index (κ3) is 8.82. The minimum absolute atomic E-state index is 0.0510. The molecular formula is C26H34O7S. The van der Waals surface area contributed by atoms with Crippen LogP contribution in [-0.2, 0) is 19.4 Å². The molecule has 1 N–H and O–H groups in total. The third-order valence-electron chi connectivity index (χ3n) is 5.40. The fourth-order valence-corrected chi connectivity index (χ4v) is 4.81. The van der Waals surface area contributed by atoms with E-state index in [1.165, 1.54) is 87.6 Å². The molecule has 7 nitrogen and oxygen atoms in total. The Morgan fingerprint density at radius 2 is 1.26 bits per heavy atom. The van der Waals surface area contributed by atoms with Gasteiger partial charge in [-0.25, -0.2) is 13.2 Å². The summed E-state index contributed by atoms with van der Waals surface area (Å²) in [6.07, 6.45) is 8.36. The minimum atomic E-state index is -3.79. The molecule has 0 amide bonds. The molecule has 1 unspecified atom stereocenters. The van der Waals surface area contributed by atoms with Crippen molar-refractivity contribution in [3.63, 3.8) is 0 Å². The maximum absolute atomic E-state index is 12.9. The Hall–Kier alpha value is -2.87. The molecule has 186 valence electrons. The summed E-state index contributed by atoms with van der Waals surface area (Å²) in [5.41, 5.74) is 0. The highest BCUT2D eigenvalue weighted by Gasteiger charge is 2.21. The summed E-state index contributed by atoms with van der Waals surface area (Å²) in [6.45, 7) is 3.45. The number of aliphatic carboxylic acids is 1. The normalized spacial score (nSPS) is 12.2. The number of sulfone groups is 1. The number of carbonyl (C=O) groups is 2. The van der Waals surface area contributed by atoms with E-state index in [2.05, 4.69) is 6.92 Å². The lowest BCUT2D eigenvalue weighted by atomic mass is 10.1. The number of benzene rings is 2. The second-order valence-electron chi connectivity index (χ2n) is 8.25. The highest BCUT2D eigenvalue weighted by Crippen LogP contribution is 2.26. The van der Waals surface area contributed by atoms with Crippen molar-refractivity contribution < 1.29 is 32.6 Å². The molecule has 2 aromatic rings. The van der Waals surface area contributed by atoms with Crippen molar-refractivity contribution in [2.24, 2.45) is 0 Å². The van der Waals surface area contributed by atoms with Crippen LogP contribution >= 0.6 is 0 Å². The number of esters is 1. The van der Waals surface area contributed by atoms with Crippen molar-refractivity contribution in [3.05, 3.63) is 48.5 Å². The van der Waals surface area contributed by atoms with E-state index < -0.39 is 27.9 Å². The van der Waals surface area contributed by atoms with E-state index >= 15 is 0 Å². The molecule has 2 aromatic carbocycles. The first kappa shape index (κ1) is 27.4. The molecule has 0 aliphatic heterocycles. The second-order valence-corrected chi connectivity index (χ2v) is 10.2. The van der Waals surface area contributed by atoms with Crippen molar-refractivity contribution >= 4 is 21.8 Å². The summed E-state index contributed by atoms with van der Waals surface area (Å²) >= 11 is 0. The smallest absolute Gasteiger partial charge is 0.344 e. The number of hydrogen-bond donors (Lipinski definition) is 1. The number of carbonyl (C=O) groups excluding carboxylic acids is 1. The van der Waals surface area contributed by atoms with E-state index in [1.54, 1.807) is 0 Å². The van der Waals surface area contributed by atoms with Gasteiger partial charge in [-0.1, -0.05) is 51.9 Å². The molecule has 0 fully saturated rings. The van der Waals surface area contributed by atoms with E-state index in [9.17, 15) is 23.1 Å².